The van der Waals surface area contributed by atoms with E-state index in [0.717, 1.165) is 17.3 Å². The molecule has 1 atom stereocenters. The van der Waals surface area contributed by atoms with Crippen molar-refractivity contribution < 1.29 is 0 Å². The monoisotopic (exact) mass is 257 g/mol. The van der Waals surface area contributed by atoms with Crippen LogP contribution in [0.2, 0.25) is 5.02 Å². The van der Waals surface area contributed by atoms with Crippen LogP contribution in [0.25, 0.3) is 0 Å². The number of thioether (sulfide) groups is 1. The Labute approximate surface area is 108 Å². The number of halogens is 1. The summed E-state index contributed by atoms with van der Waals surface area (Å²) in [6.07, 6.45) is 0. The Hall–Kier alpha value is -0.180. The predicted molar refractivity (Wildman–Crippen MR) is 74.5 cm³/mol. The molecule has 1 unspecified atom stereocenters. The van der Waals surface area contributed by atoms with Crippen LogP contribution >= 0.6 is 23.4 Å². The quantitative estimate of drug-likeness (QED) is 0.772. The van der Waals surface area contributed by atoms with Crippen LogP contribution in [0.4, 0.5) is 0 Å². The summed E-state index contributed by atoms with van der Waals surface area (Å²) in [5.41, 5.74) is 0. The van der Waals surface area contributed by atoms with Gasteiger partial charge in [-0.3, -0.25) is 0 Å². The smallest absolute Gasteiger partial charge is 0.0406 e. The van der Waals surface area contributed by atoms with Gasteiger partial charge in [0.15, 0.2) is 0 Å². The molecule has 1 aromatic rings. The highest BCUT2D eigenvalue weighted by Crippen LogP contribution is 2.22. The zero-order chi connectivity index (χ0) is 12.0. The lowest BCUT2D eigenvalue weighted by molar-refractivity contribution is 0.443. The third-order valence-corrected chi connectivity index (χ3v) is 3.90. The van der Waals surface area contributed by atoms with Gasteiger partial charge in [-0.1, -0.05) is 32.4 Å². The highest BCUT2D eigenvalue weighted by Gasteiger charge is 2.11. The summed E-state index contributed by atoms with van der Waals surface area (Å²) < 4.78 is 0. The van der Waals surface area contributed by atoms with Crippen LogP contribution in [0.5, 0.6) is 0 Å². The van der Waals surface area contributed by atoms with Gasteiger partial charge in [-0.25, -0.2) is 0 Å². The largest absolute Gasteiger partial charge is 0.313 e. The predicted octanol–water partition coefficient (Wildman–Crippen LogP) is 4.07. The molecule has 0 saturated carbocycles. The molecule has 0 amide bonds. The van der Waals surface area contributed by atoms with E-state index < -0.39 is 0 Å². The van der Waals surface area contributed by atoms with Crippen molar-refractivity contribution in [3.63, 3.8) is 0 Å². The van der Waals surface area contributed by atoms with Gasteiger partial charge >= 0.3 is 0 Å². The maximum atomic E-state index is 5.85. The third-order valence-electron chi connectivity index (χ3n) is 2.51. The summed E-state index contributed by atoms with van der Waals surface area (Å²) in [5, 5.41) is 4.32. The van der Waals surface area contributed by atoms with Gasteiger partial charge in [0, 0.05) is 21.7 Å². The lowest BCUT2D eigenvalue weighted by atomic mass is 10.1. The molecule has 1 aromatic carbocycles. The molecule has 0 aliphatic carbocycles. The first kappa shape index (κ1) is 13.9. The van der Waals surface area contributed by atoms with Crippen LogP contribution in [0, 0.1) is 5.92 Å². The van der Waals surface area contributed by atoms with E-state index in [1.165, 1.54) is 4.90 Å². The normalized spacial score (nSPS) is 13.1. The molecule has 0 aliphatic rings. The fourth-order valence-corrected chi connectivity index (χ4v) is 2.80. The van der Waals surface area contributed by atoms with Gasteiger partial charge in [0.2, 0.25) is 0 Å². The first-order valence-corrected chi connectivity index (χ1v) is 7.11. The molecule has 0 spiro atoms. The summed E-state index contributed by atoms with van der Waals surface area (Å²) in [6, 6.07) is 8.63. The van der Waals surface area contributed by atoms with Crippen LogP contribution in [-0.4, -0.2) is 18.3 Å². The van der Waals surface area contributed by atoms with Crippen molar-refractivity contribution >= 4 is 23.4 Å². The Bertz CT molecular complexity index is 297. The first-order chi connectivity index (χ1) is 7.63. The Morgan fingerprint density at radius 2 is 1.88 bits per heavy atom. The van der Waals surface area contributed by atoms with Crippen molar-refractivity contribution in [2.24, 2.45) is 5.92 Å². The molecule has 1 N–H and O–H groups in total. The number of hydrogen-bond acceptors (Lipinski definition) is 2. The Balaban J connectivity index is 2.45. The van der Waals surface area contributed by atoms with Crippen LogP contribution in [-0.2, 0) is 0 Å². The average Bonchev–Trinajstić information content (AvgIpc) is 2.26. The van der Waals surface area contributed by atoms with E-state index in [9.17, 15) is 0 Å². The van der Waals surface area contributed by atoms with E-state index >= 15 is 0 Å². The second-order valence-electron chi connectivity index (χ2n) is 4.17. The summed E-state index contributed by atoms with van der Waals surface area (Å²) >= 11 is 7.74. The third kappa shape index (κ3) is 4.77. The Kier molecular flexibility index (Phi) is 6.25. The van der Waals surface area contributed by atoms with Crippen LogP contribution in [0.1, 0.15) is 20.8 Å². The number of rotatable bonds is 6. The molecule has 3 heteroatoms. The topological polar surface area (TPSA) is 12.0 Å². The van der Waals surface area contributed by atoms with E-state index in [-0.39, 0.29) is 0 Å². The molecule has 0 radical (unpaired) electrons. The van der Waals surface area contributed by atoms with Gasteiger partial charge in [-0.2, -0.15) is 0 Å². The molecule has 1 rings (SSSR count). The second kappa shape index (κ2) is 7.21. The molecule has 0 bridgehead atoms. The first-order valence-electron chi connectivity index (χ1n) is 5.75. The molecule has 16 heavy (non-hydrogen) atoms. The molecule has 0 saturated heterocycles. The maximum absolute atomic E-state index is 5.85. The highest BCUT2D eigenvalue weighted by atomic mass is 35.5. The van der Waals surface area contributed by atoms with Gasteiger partial charge in [0.25, 0.3) is 0 Å². The van der Waals surface area contributed by atoms with Crippen LogP contribution in [0.15, 0.2) is 29.2 Å². The van der Waals surface area contributed by atoms with Crippen LogP contribution in [0.3, 0.4) is 0 Å². The second-order valence-corrected chi connectivity index (χ2v) is 5.70. The standard InChI is InChI=1S/C13H20ClNS/c1-4-15-13(10(2)3)9-16-12-7-5-11(14)6-8-12/h5-8,10,13,15H,4,9H2,1-3H3. The Morgan fingerprint density at radius 1 is 1.25 bits per heavy atom. The van der Waals surface area contributed by atoms with Crippen molar-refractivity contribution in [1.82, 2.24) is 5.32 Å². The fourth-order valence-electron chi connectivity index (χ4n) is 1.47. The zero-order valence-corrected chi connectivity index (χ0v) is 11.7. The molecular formula is C13H20ClNS. The van der Waals surface area contributed by atoms with E-state index in [4.69, 9.17) is 11.6 Å². The molecule has 0 aromatic heterocycles. The zero-order valence-electron chi connectivity index (χ0n) is 10.2. The average molecular weight is 258 g/mol. The van der Waals surface area contributed by atoms with E-state index in [1.807, 2.05) is 23.9 Å². The molecule has 1 nitrogen and oxygen atoms in total. The highest BCUT2D eigenvalue weighted by molar-refractivity contribution is 7.99. The molecule has 0 aliphatic heterocycles. The number of benzene rings is 1. The van der Waals surface area contributed by atoms with Crippen molar-refractivity contribution in [3.8, 4) is 0 Å². The SMILES string of the molecule is CCNC(CSc1ccc(Cl)cc1)C(C)C. The number of hydrogen-bond donors (Lipinski definition) is 1. The fraction of sp³-hybridized carbons (Fsp3) is 0.538. The van der Waals surface area contributed by atoms with E-state index in [2.05, 4.69) is 38.2 Å². The lowest BCUT2D eigenvalue weighted by Crippen LogP contribution is -2.35. The van der Waals surface area contributed by atoms with Crippen molar-refractivity contribution in [2.75, 3.05) is 12.3 Å². The van der Waals surface area contributed by atoms with Gasteiger partial charge < -0.3 is 5.32 Å². The summed E-state index contributed by atoms with van der Waals surface area (Å²) in [7, 11) is 0. The molecule has 90 valence electrons. The van der Waals surface area contributed by atoms with Crippen molar-refractivity contribution in [1.29, 1.82) is 0 Å². The molecule has 0 heterocycles. The maximum Gasteiger partial charge on any atom is 0.0406 e. The van der Waals surface area contributed by atoms with Gasteiger partial charge in [-0.05, 0) is 36.7 Å². The minimum Gasteiger partial charge on any atom is -0.313 e. The van der Waals surface area contributed by atoms with Gasteiger partial charge in [0.05, 0.1) is 0 Å². The number of nitrogens with one attached hydrogen (secondary N) is 1. The lowest BCUT2D eigenvalue weighted by Gasteiger charge is -2.21. The summed E-state index contributed by atoms with van der Waals surface area (Å²) in [4.78, 5) is 1.29. The molecule has 0 fully saturated rings. The Morgan fingerprint density at radius 3 is 2.38 bits per heavy atom. The van der Waals surface area contributed by atoms with E-state index in [1.54, 1.807) is 0 Å². The van der Waals surface area contributed by atoms with Gasteiger partial charge in [0.1, 0.15) is 0 Å². The van der Waals surface area contributed by atoms with Crippen molar-refractivity contribution in [2.45, 2.75) is 31.7 Å². The molecular weight excluding hydrogens is 238 g/mol. The van der Waals surface area contributed by atoms with E-state index in [0.29, 0.717) is 12.0 Å². The minimum absolute atomic E-state index is 0.575. The minimum atomic E-state index is 0.575. The van der Waals surface area contributed by atoms with Gasteiger partial charge in [-0.15, -0.1) is 11.8 Å². The van der Waals surface area contributed by atoms with Crippen LogP contribution < -0.4 is 5.32 Å². The summed E-state index contributed by atoms with van der Waals surface area (Å²) in [6.45, 7) is 7.71. The summed E-state index contributed by atoms with van der Waals surface area (Å²) in [5.74, 6) is 1.77. The van der Waals surface area contributed by atoms with Crippen molar-refractivity contribution in [3.05, 3.63) is 29.3 Å².